The molecule has 160 valence electrons. The first kappa shape index (κ1) is 22.9. The van der Waals surface area contributed by atoms with Crippen LogP contribution in [0.25, 0.3) is 0 Å². The van der Waals surface area contributed by atoms with Gasteiger partial charge in [0.15, 0.2) is 0 Å². The smallest absolute Gasteiger partial charge is 0.352 e. The lowest BCUT2D eigenvalue weighted by Gasteiger charge is -2.23. The number of carbonyl (C=O) groups excluding carboxylic acids is 2. The topological polar surface area (TPSA) is 92.6 Å². The fourth-order valence-corrected chi connectivity index (χ4v) is 2.74. The van der Waals surface area contributed by atoms with Gasteiger partial charge in [-0.15, -0.1) is 0 Å². The molecule has 0 aliphatic rings. The summed E-state index contributed by atoms with van der Waals surface area (Å²) in [5.41, 5.74) is -0.829. The van der Waals surface area contributed by atoms with Gasteiger partial charge in [-0.05, 0) is 30.7 Å². The van der Waals surface area contributed by atoms with Gasteiger partial charge in [-0.25, -0.2) is 0 Å². The molecule has 0 aliphatic heterocycles. The molecule has 2 aromatic carbocycles. The zero-order chi connectivity index (χ0) is 22.3. The third-order valence-corrected chi connectivity index (χ3v) is 4.25. The molecule has 7 nitrogen and oxygen atoms in total. The Labute approximate surface area is 170 Å². The number of anilines is 1. The van der Waals surface area contributed by atoms with E-state index in [-0.39, 0.29) is 48.8 Å². The summed E-state index contributed by atoms with van der Waals surface area (Å²) in [4.78, 5) is 35.8. The number of rotatable bonds is 8. The van der Waals surface area contributed by atoms with Crippen LogP contribution in [0.5, 0.6) is 0 Å². The highest BCUT2D eigenvalue weighted by Gasteiger charge is 2.31. The van der Waals surface area contributed by atoms with E-state index in [0.717, 1.165) is 18.2 Å². The molecule has 0 radical (unpaired) electrons. The first-order valence-electron chi connectivity index (χ1n) is 9.13. The maximum absolute atomic E-state index is 13.0. The number of nitrogens with one attached hydrogen (secondary N) is 1. The standard InChI is InChI=1S/C20H20F3N3O4/c1-2-18(27)25(16-8-4-7-15(13-16)20(21,22)23)11-5-10-24-19(28)14-6-3-9-17(12-14)26(29)30/h3-4,6-9,12-13H,2,5,10-11H2,1H3,(H,24,28). The molecule has 10 heteroatoms. The second-order valence-corrected chi connectivity index (χ2v) is 6.36. The average Bonchev–Trinajstić information content (AvgIpc) is 2.72. The molecule has 0 unspecified atom stereocenters. The number of amides is 2. The fraction of sp³-hybridized carbons (Fsp3) is 0.300. The van der Waals surface area contributed by atoms with Gasteiger partial charge in [-0.3, -0.25) is 19.7 Å². The molecule has 0 fully saturated rings. The molecule has 0 saturated carbocycles. The monoisotopic (exact) mass is 423 g/mol. The molecule has 0 atom stereocenters. The van der Waals surface area contributed by atoms with Crippen molar-refractivity contribution >= 4 is 23.2 Å². The first-order valence-corrected chi connectivity index (χ1v) is 9.13. The Morgan fingerprint density at radius 1 is 1.13 bits per heavy atom. The maximum atomic E-state index is 13.0. The molecule has 1 N–H and O–H groups in total. The molecule has 2 rings (SSSR count). The van der Waals surface area contributed by atoms with Crippen LogP contribution < -0.4 is 10.2 Å². The Morgan fingerprint density at radius 2 is 1.83 bits per heavy atom. The summed E-state index contributed by atoms with van der Waals surface area (Å²) >= 11 is 0. The van der Waals surface area contributed by atoms with E-state index < -0.39 is 22.6 Å². The number of nitrogens with zero attached hydrogens (tertiary/aromatic N) is 2. The molecule has 0 spiro atoms. The molecule has 0 saturated heterocycles. The van der Waals surface area contributed by atoms with Gasteiger partial charge in [0.25, 0.3) is 11.6 Å². The van der Waals surface area contributed by atoms with Crippen LogP contribution in [-0.4, -0.2) is 29.8 Å². The van der Waals surface area contributed by atoms with E-state index in [0.29, 0.717) is 0 Å². The van der Waals surface area contributed by atoms with Gasteiger partial charge in [-0.2, -0.15) is 13.2 Å². The average molecular weight is 423 g/mol. The van der Waals surface area contributed by atoms with Crippen LogP contribution in [0.4, 0.5) is 24.5 Å². The van der Waals surface area contributed by atoms with Crippen molar-refractivity contribution in [3.63, 3.8) is 0 Å². The van der Waals surface area contributed by atoms with Gasteiger partial charge in [0.1, 0.15) is 0 Å². The number of nitro groups is 1. The van der Waals surface area contributed by atoms with Crippen LogP contribution in [-0.2, 0) is 11.0 Å². The van der Waals surface area contributed by atoms with Gasteiger partial charge >= 0.3 is 6.18 Å². The summed E-state index contributed by atoms with van der Waals surface area (Å²) in [5.74, 6) is -0.870. The van der Waals surface area contributed by atoms with Gasteiger partial charge in [-0.1, -0.05) is 19.1 Å². The second kappa shape index (κ2) is 9.86. The summed E-state index contributed by atoms with van der Waals surface area (Å²) in [6.07, 6.45) is -4.14. The van der Waals surface area contributed by atoms with Crippen LogP contribution in [0.15, 0.2) is 48.5 Å². The van der Waals surface area contributed by atoms with Crippen molar-refractivity contribution in [2.45, 2.75) is 25.9 Å². The minimum atomic E-state index is -4.52. The maximum Gasteiger partial charge on any atom is 0.416 e. The Hall–Kier alpha value is -3.43. The van der Waals surface area contributed by atoms with Crippen molar-refractivity contribution in [3.05, 3.63) is 69.8 Å². The molecular formula is C20H20F3N3O4. The highest BCUT2D eigenvalue weighted by molar-refractivity contribution is 5.95. The van der Waals surface area contributed by atoms with Crippen LogP contribution in [0.1, 0.15) is 35.7 Å². The highest BCUT2D eigenvalue weighted by Crippen LogP contribution is 2.31. The summed E-state index contributed by atoms with van der Waals surface area (Å²) in [6, 6.07) is 9.72. The SMILES string of the molecule is CCC(=O)N(CCCNC(=O)c1cccc([N+](=O)[O-])c1)c1cccc(C(F)(F)F)c1. The molecular weight excluding hydrogens is 403 g/mol. The van der Waals surface area contributed by atoms with Crippen molar-refractivity contribution in [1.29, 1.82) is 0 Å². The van der Waals surface area contributed by atoms with Crippen LogP contribution in [0.2, 0.25) is 0 Å². The lowest BCUT2D eigenvalue weighted by molar-refractivity contribution is -0.384. The van der Waals surface area contributed by atoms with Crippen LogP contribution in [0, 0.1) is 10.1 Å². The van der Waals surface area contributed by atoms with Crippen molar-refractivity contribution < 1.29 is 27.7 Å². The predicted molar refractivity (Wildman–Crippen MR) is 104 cm³/mol. The van der Waals surface area contributed by atoms with E-state index in [9.17, 15) is 32.9 Å². The van der Waals surface area contributed by atoms with Crippen molar-refractivity contribution in [2.75, 3.05) is 18.0 Å². The van der Waals surface area contributed by atoms with Gasteiger partial charge in [0, 0.05) is 42.9 Å². The minimum absolute atomic E-state index is 0.100. The zero-order valence-electron chi connectivity index (χ0n) is 16.1. The van der Waals surface area contributed by atoms with Crippen molar-refractivity contribution in [2.24, 2.45) is 0 Å². The Bertz CT molecular complexity index is 932. The molecule has 2 aromatic rings. The third kappa shape index (κ3) is 6.03. The minimum Gasteiger partial charge on any atom is -0.352 e. The van der Waals surface area contributed by atoms with Crippen molar-refractivity contribution in [3.8, 4) is 0 Å². The number of benzene rings is 2. The van der Waals surface area contributed by atoms with Gasteiger partial charge in [0.2, 0.25) is 5.91 Å². The van der Waals surface area contributed by atoms with Crippen molar-refractivity contribution in [1.82, 2.24) is 5.32 Å². The number of hydrogen-bond acceptors (Lipinski definition) is 4. The predicted octanol–water partition coefficient (Wildman–Crippen LogP) is 4.18. The normalized spacial score (nSPS) is 11.1. The molecule has 0 heterocycles. The number of non-ortho nitro benzene ring substituents is 1. The summed E-state index contributed by atoms with van der Waals surface area (Å²) in [6.45, 7) is 1.84. The van der Waals surface area contributed by atoms with E-state index in [4.69, 9.17) is 0 Å². The number of nitro benzene ring substituents is 1. The lowest BCUT2D eigenvalue weighted by atomic mass is 10.1. The van der Waals surface area contributed by atoms with Gasteiger partial charge in [0.05, 0.1) is 10.5 Å². The van der Waals surface area contributed by atoms with Crippen LogP contribution in [0.3, 0.4) is 0 Å². The summed E-state index contributed by atoms with van der Waals surface area (Å²) in [7, 11) is 0. The van der Waals surface area contributed by atoms with E-state index in [2.05, 4.69) is 5.32 Å². The largest absolute Gasteiger partial charge is 0.416 e. The molecule has 0 bridgehead atoms. The first-order chi connectivity index (χ1) is 14.1. The number of halogens is 3. The van der Waals surface area contributed by atoms with E-state index in [1.54, 1.807) is 6.92 Å². The molecule has 2 amide bonds. The molecule has 0 aliphatic carbocycles. The van der Waals surface area contributed by atoms with E-state index >= 15 is 0 Å². The number of carbonyl (C=O) groups is 2. The zero-order valence-corrected chi connectivity index (χ0v) is 16.1. The number of hydrogen-bond donors (Lipinski definition) is 1. The molecule has 30 heavy (non-hydrogen) atoms. The Balaban J connectivity index is 2.01. The second-order valence-electron chi connectivity index (χ2n) is 6.36. The third-order valence-electron chi connectivity index (χ3n) is 4.25. The highest BCUT2D eigenvalue weighted by atomic mass is 19.4. The molecule has 0 aromatic heterocycles. The lowest BCUT2D eigenvalue weighted by Crippen LogP contribution is -2.34. The Kier molecular flexibility index (Phi) is 7.51. The fourth-order valence-electron chi connectivity index (χ4n) is 2.74. The Morgan fingerprint density at radius 3 is 2.47 bits per heavy atom. The van der Waals surface area contributed by atoms with Gasteiger partial charge < -0.3 is 10.2 Å². The van der Waals surface area contributed by atoms with E-state index in [1.807, 2.05) is 0 Å². The summed E-state index contributed by atoms with van der Waals surface area (Å²) in [5, 5.41) is 13.4. The quantitative estimate of drug-likeness (QED) is 0.392. The van der Waals surface area contributed by atoms with E-state index in [1.165, 1.54) is 35.2 Å². The number of alkyl halides is 3. The van der Waals surface area contributed by atoms with Crippen LogP contribution >= 0.6 is 0 Å². The summed E-state index contributed by atoms with van der Waals surface area (Å²) < 4.78 is 38.9.